The van der Waals surface area contributed by atoms with Gasteiger partial charge in [-0.25, -0.2) is 0 Å². The van der Waals surface area contributed by atoms with Gasteiger partial charge in [0.2, 0.25) is 11.8 Å². The molecule has 1 aromatic heterocycles. The van der Waals surface area contributed by atoms with Crippen LogP contribution in [-0.2, 0) is 9.59 Å². The molecular formula is C16H18N4O2S4. The number of anilines is 1. The highest BCUT2D eigenvalue weighted by Gasteiger charge is 2.24. The van der Waals surface area contributed by atoms with Crippen molar-refractivity contribution in [2.45, 2.75) is 32.2 Å². The maximum Gasteiger partial charge on any atom is 0.237 e. The number of primary amides is 1. The summed E-state index contributed by atoms with van der Waals surface area (Å²) in [5.74, 6) is 0.168. The number of fused-ring (bicyclic) bond motifs is 1. The van der Waals surface area contributed by atoms with E-state index in [0.717, 1.165) is 27.9 Å². The van der Waals surface area contributed by atoms with E-state index in [4.69, 9.17) is 5.73 Å². The normalized spacial score (nSPS) is 16.8. The van der Waals surface area contributed by atoms with Crippen LogP contribution in [0, 0.1) is 0 Å². The predicted molar refractivity (Wildman–Crippen MR) is 109 cm³/mol. The second-order valence-corrected chi connectivity index (χ2v) is 10.5. The fraction of sp³-hybridized carbons (Fsp3) is 0.375. The Kier molecular flexibility index (Phi) is 6.85. The molecule has 3 rings (SSSR count). The van der Waals surface area contributed by atoms with E-state index in [1.54, 1.807) is 0 Å². The molecule has 0 radical (unpaired) electrons. The van der Waals surface area contributed by atoms with E-state index in [9.17, 15) is 9.59 Å². The standard InChI is InChI=1S/C16H18N4O2S4/c1-10-6-7-20(11-4-2-3-5-12(11)25-10)14(22)9-24-16-19-18-15(26-16)23-8-13(17)21/h2-5,10H,6-9H2,1H3,(H2,17,21). The summed E-state index contributed by atoms with van der Waals surface area (Å²) in [6, 6.07) is 8.05. The number of carbonyl (C=O) groups is 2. The first-order valence-corrected chi connectivity index (χ1v) is 11.6. The van der Waals surface area contributed by atoms with Crippen molar-refractivity contribution in [3.05, 3.63) is 24.3 Å². The summed E-state index contributed by atoms with van der Waals surface area (Å²) in [5.41, 5.74) is 6.12. The van der Waals surface area contributed by atoms with Crippen LogP contribution in [0.4, 0.5) is 5.69 Å². The van der Waals surface area contributed by atoms with E-state index in [1.807, 2.05) is 34.9 Å². The van der Waals surface area contributed by atoms with Crippen molar-refractivity contribution in [1.29, 1.82) is 0 Å². The molecule has 1 atom stereocenters. The van der Waals surface area contributed by atoms with Crippen molar-refractivity contribution in [2.24, 2.45) is 5.73 Å². The molecule has 1 aliphatic rings. The molecule has 6 nitrogen and oxygen atoms in total. The van der Waals surface area contributed by atoms with Gasteiger partial charge in [0.05, 0.1) is 17.2 Å². The zero-order valence-corrected chi connectivity index (χ0v) is 17.3. The van der Waals surface area contributed by atoms with Crippen LogP contribution in [0.3, 0.4) is 0 Å². The Morgan fingerprint density at radius 2 is 1.92 bits per heavy atom. The molecule has 10 heteroatoms. The molecule has 2 heterocycles. The monoisotopic (exact) mass is 426 g/mol. The van der Waals surface area contributed by atoms with Crippen LogP contribution in [-0.4, -0.2) is 45.3 Å². The Labute approximate surface area is 168 Å². The molecule has 0 fully saturated rings. The second kappa shape index (κ2) is 9.12. The predicted octanol–water partition coefficient (Wildman–Crippen LogP) is 3.13. The minimum Gasteiger partial charge on any atom is -0.369 e. The number of amides is 2. The summed E-state index contributed by atoms with van der Waals surface area (Å²) in [7, 11) is 0. The third-order valence-electron chi connectivity index (χ3n) is 3.59. The lowest BCUT2D eigenvalue weighted by Gasteiger charge is -2.22. The molecule has 1 unspecified atom stereocenters. The number of aromatic nitrogens is 2. The number of para-hydroxylation sites is 1. The fourth-order valence-electron chi connectivity index (χ4n) is 2.39. The van der Waals surface area contributed by atoms with Gasteiger partial charge in [-0.05, 0) is 18.6 Å². The summed E-state index contributed by atoms with van der Waals surface area (Å²) >= 11 is 5.83. The maximum atomic E-state index is 12.8. The SMILES string of the molecule is CC1CCN(C(=O)CSc2nnc(SCC(N)=O)s2)c2ccccc2S1. The van der Waals surface area contributed by atoms with Gasteiger partial charge >= 0.3 is 0 Å². The third kappa shape index (κ3) is 5.15. The highest BCUT2D eigenvalue weighted by Crippen LogP contribution is 2.38. The van der Waals surface area contributed by atoms with Crippen LogP contribution >= 0.6 is 46.6 Å². The van der Waals surface area contributed by atoms with E-state index < -0.39 is 0 Å². The van der Waals surface area contributed by atoms with Gasteiger partial charge < -0.3 is 10.6 Å². The quantitative estimate of drug-likeness (QED) is 0.710. The van der Waals surface area contributed by atoms with Gasteiger partial charge in [-0.1, -0.05) is 53.9 Å². The van der Waals surface area contributed by atoms with E-state index in [-0.39, 0.29) is 17.6 Å². The van der Waals surface area contributed by atoms with Crippen molar-refractivity contribution in [1.82, 2.24) is 10.2 Å². The summed E-state index contributed by atoms with van der Waals surface area (Å²) < 4.78 is 1.40. The average molecular weight is 427 g/mol. The van der Waals surface area contributed by atoms with Gasteiger partial charge in [0.1, 0.15) is 0 Å². The topological polar surface area (TPSA) is 89.2 Å². The number of rotatable bonds is 6. The van der Waals surface area contributed by atoms with Gasteiger partial charge in [-0.2, -0.15) is 0 Å². The Morgan fingerprint density at radius 3 is 2.65 bits per heavy atom. The van der Waals surface area contributed by atoms with E-state index >= 15 is 0 Å². The van der Waals surface area contributed by atoms with Crippen LogP contribution < -0.4 is 10.6 Å². The zero-order chi connectivity index (χ0) is 18.5. The number of carbonyl (C=O) groups excluding carboxylic acids is 2. The van der Waals surface area contributed by atoms with E-state index in [2.05, 4.69) is 23.2 Å². The van der Waals surface area contributed by atoms with Crippen molar-refractivity contribution in [3.63, 3.8) is 0 Å². The Balaban J connectivity index is 1.62. The van der Waals surface area contributed by atoms with Crippen molar-refractivity contribution < 1.29 is 9.59 Å². The Hall–Kier alpha value is -1.23. The summed E-state index contributed by atoms with van der Waals surface area (Å²) in [6.07, 6.45) is 0.961. The lowest BCUT2D eigenvalue weighted by atomic mass is 10.2. The van der Waals surface area contributed by atoms with Crippen LogP contribution in [0.25, 0.3) is 0 Å². The number of hydrogen-bond donors (Lipinski definition) is 1. The smallest absolute Gasteiger partial charge is 0.237 e. The maximum absolute atomic E-state index is 12.8. The number of hydrogen-bond acceptors (Lipinski definition) is 8. The van der Waals surface area contributed by atoms with Gasteiger partial charge in [0.25, 0.3) is 0 Å². The molecule has 1 aromatic carbocycles. The highest BCUT2D eigenvalue weighted by molar-refractivity contribution is 8.03. The van der Waals surface area contributed by atoms with Crippen LogP contribution in [0.2, 0.25) is 0 Å². The van der Waals surface area contributed by atoms with Gasteiger partial charge in [0, 0.05) is 16.7 Å². The van der Waals surface area contributed by atoms with Crippen LogP contribution in [0.15, 0.2) is 37.8 Å². The molecule has 2 amide bonds. The van der Waals surface area contributed by atoms with Crippen LogP contribution in [0.5, 0.6) is 0 Å². The Bertz CT molecular complexity index is 798. The lowest BCUT2D eigenvalue weighted by Crippen LogP contribution is -2.33. The number of nitrogens with two attached hydrogens (primary N) is 1. The molecule has 0 aliphatic carbocycles. The molecule has 2 N–H and O–H groups in total. The van der Waals surface area contributed by atoms with Crippen molar-refractivity contribution in [2.75, 3.05) is 23.0 Å². The lowest BCUT2D eigenvalue weighted by molar-refractivity contribution is -0.116. The molecule has 26 heavy (non-hydrogen) atoms. The first kappa shape index (κ1) is 19.5. The first-order valence-electron chi connectivity index (χ1n) is 7.96. The third-order valence-corrected chi connectivity index (χ3v) is 8.02. The first-order chi connectivity index (χ1) is 12.5. The summed E-state index contributed by atoms with van der Waals surface area (Å²) in [4.78, 5) is 26.7. The molecule has 138 valence electrons. The van der Waals surface area contributed by atoms with Crippen LogP contribution in [0.1, 0.15) is 13.3 Å². The van der Waals surface area contributed by atoms with E-state index in [1.165, 1.54) is 34.9 Å². The summed E-state index contributed by atoms with van der Waals surface area (Å²) in [6.45, 7) is 2.91. The number of benzene rings is 1. The van der Waals surface area contributed by atoms with Crippen molar-refractivity contribution >= 4 is 64.1 Å². The largest absolute Gasteiger partial charge is 0.369 e. The van der Waals surface area contributed by atoms with Gasteiger partial charge in [-0.15, -0.1) is 22.0 Å². The molecule has 0 saturated carbocycles. The van der Waals surface area contributed by atoms with Gasteiger partial charge in [-0.3, -0.25) is 9.59 Å². The number of nitrogens with zero attached hydrogens (tertiary/aromatic N) is 3. The van der Waals surface area contributed by atoms with E-state index in [0.29, 0.717) is 15.3 Å². The average Bonchev–Trinajstić information content (AvgIpc) is 3.00. The second-order valence-electron chi connectivity index (χ2n) is 5.61. The molecule has 0 saturated heterocycles. The molecule has 0 bridgehead atoms. The number of thioether (sulfide) groups is 3. The zero-order valence-electron chi connectivity index (χ0n) is 14.1. The Morgan fingerprint density at radius 1 is 1.23 bits per heavy atom. The van der Waals surface area contributed by atoms with Gasteiger partial charge in [0.15, 0.2) is 8.68 Å². The summed E-state index contributed by atoms with van der Waals surface area (Å²) in [5, 5.41) is 8.57. The molecule has 2 aromatic rings. The highest BCUT2D eigenvalue weighted by atomic mass is 32.2. The molecule has 1 aliphatic heterocycles. The minimum atomic E-state index is -0.387. The molecular weight excluding hydrogens is 408 g/mol. The van der Waals surface area contributed by atoms with Crippen molar-refractivity contribution in [3.8, 4) is 0 Å². The molecule has 0 spiro atoms. The fourth-order valence-corrected chi connectivity index (χ4v) is 6.14. The minimum absolute atomic E-state index is 0.0682.